The molecule has 0 saturated carbocycles. The molecule has 76 valence electrons. The fourth-order valence-electron chi connectivity index (χ4n) is 1.35. The molecule has 0 aliphatic carbocycles. The fourth-order valence-corrected chi connectivity index (χ4v) is 1.86. The van der Waals surface area contributed by atoms with Crippen LogP contribution in [0.3, 0.4) is 0 Å². The van der Waals surface area contributed by atoms with Crippen LogP contribution in [0.5, 0.6) is 5.75 Å². The van der Waals surface area contributed by atoms with Crippen LogP contribution in [-0.4, -0.2) is 15.0 Å². The topological polar surface area (TPSA) is 76.3 Å². The monoisotopic (exact) mass is 268 g/mol. The molecule has 1 aromatic heterocycles. The van der Waals surface area contributed by atoms with Crippen molar-refractivity contribution in [3.8, 4) is 5.75 Å². The van der Waals surface area contributed by atoms with E-state index in [1.165, 1.54) is 18.3 Å². The average Bonchev–Trinajstić information content (AvgIpc) is 2.19. The molecular weight excluding hydrogens is 264 g/mol. The van der Waals surface area contributed by atoms with Gasteiger partial charge in [-0.3, -0.25) is 15.1 Å². The lowest BCUT2D eigenvalue weighted by molar-refractivity contribution is -0.383. The number of fused-ring (bicyclic) bond motifs is 1. The van der Waals surface area contributed by atoms with Crippen LogP contribution < -0.4 is 0 Å². The third-order valence-electron chi connectivity index (χ3n) is 1.99. The standard InChI is InChI=1S/C9H5BrN2O3/c10-5-3-4-11-9-7(13)2-1-6(8(5)9)12(14)15/h1-4,13H. The van der Waals surface area contributed by atoms with Crippen molar-refractivity contribution in [3.05, 3.63) is 39.0 Å². The number of hydrogen-bond acceptors (Lipinski definition) is 4. The average molecular weight is 269 g/mol. The van der Waals surface area contributed by atoms with E-state index < -0.39 is 4.92 Å². The lowest BCUT2D eigenvalue weighted by Crippen LogP contribution is -1.91. The Morgan fingerprint density at radius 3 is 2.80 bits per heavy atom. The van der Waals surface area contributed by atoms with E-state index >= 15 is 0 Å². The van der Waals surface area contributed by atoms with Gasteiger partial charge in [0.15, 0.2) is 0 Å². The predicted octanol–water partition coefficient (Wildman–Crippen LogP) is 2.61. The third-order valence-corrected chi connectivity index (χ3v) is 2.66. The molecule has 0 unspecified atom stereocenters. The van der Waals surface area contributed by atoms with E-state index in [0.717, 1.165) is 0 Å². The Morgan fingerprint density at radius 2 is 2.13 bits per heavy atom. The lowest BCUT2D eigenvalue weighted by atomic mass is 10.1. The molecular formula is C9H5BrN2O3. The van der Waals surface area contributed by atoms with Gasteiger partial charge in [0, 0.05) is 16.7 Å². The molecule has 1 heterocycles. The van der Waals surface area contributed by atoms with E-state index in [0.29, 0.717) is 9.86 Å². The number of rotatable bonds is 1. The molecule has 0 spiro atoms. The summed E-state index contributed by atoms with van der Waals surface area (Å²) in [5.74, 6) is -0.0723. The summed E-state index contributed by atoms with van der Waals surface area (Å²) in [6, 6.07) is 4.11. The van der Waals surface area contributed by atoms with Gasteiger partial charge in [0.05, 0.1) is 10.3 Å². The van der Waals surface area contributed by atoms with Gasteiger partial charge < -0.3 is 5.11 Å². The molecule has 0 atom stereocenters. The van der Waals surface area contributed by atoms with Gasteiger partial charge in [-0.25, -0.2) is 0 Å². The Labute approximate surface area is 92.6 Å². The molecule has 0 amide bonds. The number of nitro groups is 1. The van der Waals surface area contributed by atoms with Gasteiger partial charge in [-0.05, 0) is 28.1 Å². The third kappa shape index (κ3) is 1.52. The van der Waals surface area contributed by atoms with Crippen molar-refractivity contribution in [1.82, 2.24) is 4.98 Å². The van der Waals surface area contributed by atoms with Crippen LogP contribution in [0.2, 0.25) is 0 Å². The van der Waals surface area contributed by atoms with E-state index in [2.05, 4.69) is 20.9 Å². The number of hydrogen-bond donors (Lipinski definition) is 1. The largest absolute Gasteiger partial charge is 0.506 e. The maximum atomic E-state index is 10.8. The summed E-state index contributed by atoms with van der Waals surface area (Å²) in [5, 5.41) is 20.6. The van der Waals surface area contributed by atoms with Gasteiger partial charge in [0.2, 0.25) is 0 Å². The van der Waals surface area contributed by atoms with Crippen molar-refractivity contribution in [2.75, 3.05) is 0 Å². The number of aromatic nitrogens is 1. The Bertz CT molecular complexity index is 556. The fraction of sp³-hybridized carbons (Fsp3) is 0. The molecule has 5 nitrogen and oxygen atoms in total. The van der Waals surface area contributed by atoms with Crippen molar-refractivity contribution in [2.45, 2.75) is 0 Å². The van der Waals surface area contributed by atoms with Crippen molar-refractivity contribution in [1.29, 1.82) is 0 Å². The Morgan fingerprint density at radius 1 is 1.40 bits per heavy atom. The van der Waals surface area contributed by atoms with E-state index in [9.17, 15) is 15.2 Å². The van der Waals surface area contributed by atoms with Crippen LogP contribution in [0.15, 0.2) is 28.9 Å². The second-order valence-electron chi connectivity index (χ2n) is 2.88. The number of benzene rings is 1. The molecule has 0 aliphatic heterocycles. The number of halogens is 1. The van der Waals surface area contributed by atoms with E-state index in [-0.39, 0.29) is 17.0 Å². The molecule has 0 fully saturated rings. The highest BCUT2D eigenvalue weighted by Crippen LogP contribution is 2.35. The zero-order valence-corrected chi connectivity index (χ0v) is 8.93. The summed E-state index contributed by atoms with van der Waals surface area (Å²) < 4.78 is 0.537. The highest BCUT2D eigenvalue weighted by Gasteiger charge is 2.17. The van der Waals surface area contributed by atoms with Gasteiger partial charge in [0.25, 0.3) is 5.69 Å². The van der Waals surface area contributed by atoms with Crippen LogP contribution in [0.4, 0.5) is 5.69 Å². The van der Waals surface area contributed by atoms with Crippen LogP contribution >= 0.6 is 15.9 Å². The first-order valence-corrected chi connectivity index (χ1v) is 4.81. The smallest absolute Gasteiger partial charge is 0.280 e. The zero-order chi connectivity index (χ0) is 11.0. The SMILES string of the molecule is O=[N+]([O-])c1ccc(O)c2nccc(Br)c12. The number of phenolic OH excluding ortho intramolecular Hbond substituents is 1. The van der Waals surface area contributed by atoms with Crippen molar-refractivity contribution in [2.24, 2.45) is 0 Å². The van der Waals surface area contributed by atoms with Gasteiger partial charge in [-0.15, -0.1) is 0 Å². The molecule has 0 aliphatic rings. The second-order valence-corrected chi connectivity index (χ2v) is 3.73. The molecule has 6 heteroatoms. The zero-order valence-electron chi connectivity index (χ0n) is 7.35. The minimum absolute atomic E-state index is 0.0723. The number of phenols is 1. The number of nitro benzene ring substituents is 1. The Balaban J connectivity index is 2.96. The highest BCUT2D eigenvalue weighted by molar-refractivity contribution is 9.10. The number of pyridine rings is 1. The second kappa shape index (κ2) is 3.47. The Kier molecular flexibility index (Phi) is 2.28. The molecule has 2 rings (SSSR count). The van der Waals surface area contributed by atoms with E-state index in [1.54, 1.807) is 6.07 Å². The molecule has 2 aromatic rings. The molecule has 1 N–H and O–H groups in total. The summed E-state index contributed by atoms with van der Waals surface area (Å²) in [7, 11) is 0. The quantitative estimate of drug-likeness (QED) is 0.637. The highest BCUT2D eigenvalue weighted by atomic mass is 79.9. The number of aromatic hydroxyl groups is 1. The summed E-state index contributed by atoms with van der Waals surface area (Å²) in [5.41, 5.74) is 0.140. The maximum absolute atomic E-state index is 10.8. The Hall–Kier alpha value is -1.69. The molecule has 0 saturated heterocycles. The summed E-state index contributed by atoms with van der Waals surface area (Å²) in [4.78, 5) is 14.1. The number of nitrogens with zero attached hydrogens (tertiary/aromatic N) is 2. The van der Waals surface area contributed by atoms with Gasteiger partial charge in [-0.2, -0.15) is 0 Å². The summed E-state index contributed by atoms with van der Waals surface area (Å²) in [6.45, 7) is 0. The number of non-ortho nitro benzene ring substituents is 1. The van der Waals surface area contributed by atoms with Crippen LogP contribution in [-0.2, 0) is 0 Å². The first-order chi connectivity index (χ1) is 7.11. The lowest BCUT2D eigenvalue weighted by Gasteiger charge is -2.02. The van der Waals surface area contributed by atoms with Crippen LogP contribution in [0.25, 0.3) is 10.9 Å². The molecule has 1 aromatic carbocycles. The van der Waals surface area contributed by atoms with E-state index in [4.69, 9.17) is 0 Å². The molecule has 15 heavy (non-hydrogen) atoms. The van der Waals surface area contributed by atoms with Crippen LogP contribution in [0, 0.1) is 10.1 Å². The molecule has 0 radical (unpaired) electrons. The maximum Gasteiger partial charge on any atom is 0.280 e. The first kappa shape index (κ1) is 9.85. The van der Waals surface area contributed by atoms with Crippen LogP contribution in [0.1, 0.15) is 0 Å². The normalized spacial score (nSPS) is 10.5. The van der Waals surface area contributed by atoms with E-state index in [1.807, 2.05) is 0 Å². The summed E-state index contributed by atoms with van der Waals surface area (Å²) >= 11 is 3.19. The van der Waals surface area contributed by atoms with Crippen molar-refractivity contribution in [3.63, 3.8) is 0 Å². The minimum atomic E-state index is -0.506. The molecule has 0 bridgehead atoms. The van der Waals surface area contributed by atoms with Gasteiger partial charge >= 0.3 is 0 Å². The van der Waals surface area contributed by atoms with Gasteiger partial charge in [0.1, 0.15) is 11.3 Å². The van der Waals surface area contributed by atoms with Crippen molar-refractivity contribution >= 4 is 32.5 Å². The predicted molar refractivity (Wildman–Crippen MR) is 57.8 cm³/mol. The first-order valence-electron chi connectivity index (χ1n) is 4.02. The minimum Gasteiger partial charge on any atom is -0.506 e. The van der Waals surface area contributed by atoms with Gasteiger partial charge in [-0.1, -0.05) is 0 Å². The summed E-state index contributed by atoms with van der Waals surface area (Å²) in [6.07, 6.45) is 1.47. The van der Waals surface area contributed by atoms with Crippen molar-refractivity contribution < 1.29 is 10.0 Å².